The van der Waals surface area contributed by atoms with Crippen molar-refractivity contribution in [3.63, 3.8) is 0 Å². The van der Waals surface area contributed by atoms with Crippen LogP contribution in [0.5, 0.6) is 0 Å². The fourth-order valence-corrected chi connectivity index (χ4v) is 2.49. The molecular weight excluding hydrogens is 348 g/mol. The minimum absolute atomic E-state index is 0.0671. The number of carbonyl (C=O) groups is 1. The highest BCUT2D eigenvalue weighted by molar-refractivity contribution is 6.00. The van der Waals surface area contributed by atoms with Crippen LogP contribution >= 0.6 is 0 Å². The zero-order chi connectivity index (χ0) is 19.4. The molecule has 0 saturated carbocycles. The van der Waals surface area contributed by atoms with Gasteiger partial charge in [0.05, 0.1) is 11.4 Å². The Kier molecular flexibility index (Phi) is 5.25. The van der Waals surface area contributed by atoms with Crippen LogP contribution in [0, 0.1) is 6.92 Å². The van der Waals surface area contributed by atoms with Gasteiger partial charge in [0.25, 0.3) is 5.91 Å². The molecule has 3 N–H and O–H groups in total. The van der Waals surface area contributed by atoms with Gasteiger partial charge in [0.1, 0.15) is 0 Å². The summed E-state index contributed by atoms with van der Waals surface area (Å²) in [6.45, 7) is 5.80. The summed E-state index contributed by atoms with van der Waals surface area (Å²) in [5, 5.41) is 19.3. The van der Waals surface area contributed by atoms with Crippen molar-refractivity contribution in [2.45, 2.75) is 33.6 Å². The molecule has 27 heavy (non-hydrogen) atoms. The van der Waals surface area contributed by atoms with Crippen LogP contribution in [0.1, 0.15) is 47.6 Å². The summed E-state index contributed by atoms with van der Waals surface area (Å²) in [5.74, 6) is -0.201. The van der Waals surface area contributed by atoms with Crippen molar-refractivity contribution >= 4 is 17.4 Å². The highest BCUT2D eigenvalue weighted by atomic mass is 16.6. The normalized spacial score (nSPS) is 11.6. The molecule has 3 rings (SSSR count). The molecule has 0 spiro atoms. The van der Waals surface area contributed by atoms with E-state index in [9.17, 15) is 4.79 Å². The summed E-state index contributed by atoms with van der Waals surface area (Å²) in [7, 11) is 0. The van der Waals surface area contributed by atoms with E-state index in [-0.39, 0.29) is 17.3 Å². The van der Waals surface area contributed by atoms with Crippen molar-refractivity contribution in [2.75, 3.05) is 5.73 Å². The number of rotatable bonds is 6. The van der Waals surface area contributed by atoms with Gasteiger partial charge < -0.3 is 5.73 Å². The lowest BCUT2D eigenvalue weighted by Gasteiger charge is -2.05. The number of aromatic nitrogens is 5. The average Bonchev–Trinajstić information content (AvgIpc) is 3.26. The molecule has 3 aromatic rings. The van der Waals surface area contributed by atoms with E-state index in [1.807, 2.05) is 45.0 Å². The molecule has 10 nitrogen and oxygen atoms in total. The predicted molar refractivity (Wildman–Crippen MR) is 98.5 cm³/mol. The Labute approximate surface area is 155 Å². The van der Waals surface area contributed by atoms with Crippen molar-refractivity contribution in [3.05, 3.63) is 46.8 Å². The molecular formula is C17H20N8O2. The van der Waals surface area contributed by atoms with Gasteiger partial charge >= 0.3 is 0 Å². The Morgan fingerprint density at radius 2 is 2.04 bits per heavy atom. The number of benzene rings is 1. The molecule has 0 aliphatic carbocycles. The highest BCUT2D eigenvalue weighted by Crippen LogP contribution is 2.17. The first-order valence-electron chi connectivity index (χ1n) is 8.46. The number of hydrogen-bond acceptors (Lipinski definition) is 8. The van der Waals surface area contributed by atoms with Crippen molar-refractivity contribution in [1.29, 1.82) is 0 Å². The predicted octanol–water partition coefficient (Wildman–Crippen LogP) is 1.65. The maximum atomic E-state index is 12.6. The lowest BCUT2D eigenvalue weighted by atomic mass is 10.1. The quantitative estimate of drug-likeness (QED) is 0.498. The lowest BCUT2D eigenvalue weighted by molar-refractivity contribution is 0.0948. The second kappa shape index (κ2) is 7.77. The molecule has 2 aromatic heterocycles. The van der Waals surface area contributed by atoms with Crippen molar-refractivity contribution in [2.24, 2.45) is 5.10 Å². The Morgan fingerprint density at radius 3 is 2.67 bits per heavy atom. The van der Waals surface area contributed by atoms with Crippen LogP contribution in [-0.2, 0) is 6.42 Å². The minimum atomic E-state index is -0.466. The molecule has 0 saturated heterocycles. The van der Waals surface area contributed by atoms with Gasteiger partial charge in [-0.3, -0.25) is 4.79 Å². The fraction of sp³-hybridized carbons (Fsp3) is 0.294. The first kappa shape index (κ1) is 18.2. The maximum Gasteiger partial charge on any atom is 0.293 e. The third-order valence-corrected chi connectivity index (χ3v) is 3.96. The number of nitrogen functional groups attached to an aromatic ring is 1. The number of aryl methyl sites for hydroxylation is 1. The smallest absolute Gasteiger partial charge is 0.293 e. The molecule has 0 unspecified atom stereocenters. The minimum Gasteiger partial charge on any atom is -0.378 e. The van der Waals surface area contributed by atoms with Gasteiger partial charge in [-0.1, -0.05) is 48.4 Å². The number of hydrogen-bond donors (Lipinski definition) is 2. The molecule has 1 amide bonds. The topological polar surface area (TPSA) is 137 Å². The zero-order valence-corrected chi connectivity index (χ0v) is 15.3. The number of hydrazone groups is 1. The number of nitrogens with one attached hydrogen (secondary N) is 1. The van der Waals surface area contributed by atoms with Crippen LogP contribution in [-0.4, -0.2) is 36.9 Å². The number of nitrogens with zero attached hydrogens (tertiary/aromatic N) is 6. The van der Waals surface area contributed by atoms with Crippen LogP contribution in [0.25, 0.3) is 5.82 Å². The largest absolute Gasteiger partial charge is 0.378 e. The van der Waals surface area contributed by atoms with Gasteiger partial charge in [-0.15, -0.1) is 5.10 Å². The third kappa shape index (κ3) is 3.84. The van der Waals surface area contributed by atoms with E-state index in [0.29, 0.717) is 17.8 Å². The summed E-state index contributed by atoms with van der Waals surface area (Å²) >= 11 is 0. The van der Waals surface area contributed by atoms with Gasteiger partial charge in [0.15, 0.2) is 5.69 Å². The van der Waals surface area contributed by atoms with Gasteiger partial charge in [-0.05, 0) is 36.1 Å². The summed E-state index contributed by atoms with van der Waals surface area (Å²) in [6.07, 6.45) is 1.31. The van der Waals surface area contributed by atoms with Crippen molar-refractivity contribution in [3.8, 4) is 5.82 Å². The van der Waals surface area contributed by atoms with Crippen molar-refractivity contribution in [1.82, 2.24) is 30.7 Å². The molecule has 0 bridgehead atoms. The second-order valence-corrected chi connectivity index (χ2v) is 6.02. The highest BCUT2D eigenvalue weighted by Gasteiger charge is 2.23. The Balaban J connectivity index is 1.84. The summed E-state index contributed by atoms with van der Waals surface area (Å²) in [6, 6.07) is 7.86. The van der Waals surface area contributed by atoms with Gasteiger partial charge in [0, 0.05) is 0 Å². The molecule has 0 aliphatic rings. The van der Waals surface area contributed by atoms with Crippen LogP contribution in [0.15, 0.2) is 34.0 Å². The molecule has 10 heteroatoms. The molecule has 0 radical (unpaired) electrons. The van der Waals surface area contributed by atoms with E-state index >= 15 is 0 Å². The second-order valence-electron chi connectivity index (χ2n) is 6.02. The maximum absolute atomic E-state index is 12.6. The van der Waals surface area contributed by atoms with Gasteiger partial charge in [0.2, 0.25) is 11.6 Å². The first-order valence-corrected chi connectivity index (χ1v) is 8.46. The van der Waals surface area contributed by atoms with E-state index in [1.54, 1.807) is 0 Å². The summed E-state index contributed by atoms with van der Waals surface area (Å²) in [5.41, 5.74) is 11.7. The number of carbonyl (C=O) groups excluding carboxylic acids is 1. The summed E-state index contributed by atoms with van der Waals surface area (Å²) < 4.78 is 5.96. The Bertz CT molecular complexity index is 971. The van der Waals surface area contributed by atoms with E-state index in [1.165, 1.54) is 4.68 Å². The standard InChI is InChI=1S/C17H20N8O2/c1-4-5-13-14(20-24-25(13)16-15(18)22-27-23-16)17(26)21-19-11(3)12-8-6-10(2)7-9-12/h6-9H,4-5H2,1-3H3,(H2,18,22)(H,21,26). The zero-order valence-electron chi connectivity index (χ0n) is 15.3. The SMILES string of the molecule is CCCc1c(C(=O)NN=C(C)c2ccc(C)cc2)nnn1-c1nonc1N. The van der Waals surface area contributed by atoms with E-state index < -0.39 is 5.91 Å². The fourth-order valence-electron chi connectivity index (χ4n) is 2.49. The monoisotopic (exact) mass is 368 g/mol. The summed E-state index contributed by atoms with van der Waals surface area (Å²) in [4.78, 5) is 12.6. The van der Waals surface area contributed by atoms with Crippen LogP contribution < -0.4 is 11.2 Å². The van der Waals surface area contributed by atoms with E-state index in [4.69, 9.17) is 5.73 Å². The molecule has 1 aromatic carbocycles. The van der Waals surface area contributed by atoms with E-state index in [0.717, 1.165) is 17.5 Å². The van der Waals surface area contributed by atoms with Gasteiger partial charge in [-0.2, -0.15) is 9.78 Å². The van der Waals surface area contributed by atoms with Crippen LogP contribution in [0.4, 0.5) is 5.82 Å². The number of amides is 1. The Morgan fingerprint density at radius 1 is 1.30 bits per heavy atom. The third-order valence-electron chi connectivity index (χ3n) is 3.96. The van der Waals surface area contributed by atoms with E-state index in [2.05, 4.69) is 35.8 Å². The number of anilines is 1. The van der Waals surface area contributed by atoms with Crippen LogP contribution in [0.3, 0.4) is 0 Å². The average molecular weight is 368 g/mol. The van der Waals surface area contributed by atoms with Gasteiger partial charge in [-0.25, -0.2) is 10.1 Å². The molecule has 0 aliphatic heterocycles. The lowest BCUT2D eigenvalue weighted by Crippen LogP contribution is -2.21. The molecule has 0 atom stereocenters. The Hall–Kier alpha value is -3.56. The number of nitrogens with two attached hydrogens (primary N) is 1. The molecule has 0 fully saturated rings. The molecule has 2 heterocycles. The first-order chi connectivity index (χ1) is 13.0. The van der Waals surface area contributed by atoms with Crippen LogP contribution in [0.2, 0.25) is 0 Å². The van der Waals surface area contributed by atoms with Crippen molar-refractivity contribution < 1.29 is 9.42 Å². The molecule has 140 valence electrons.